The summed E-state index contributed by atoms with van der Waals surface area (Å²) in [5.41, 5.74) is 1.01. The van der Waals surface area contributed by atoms with E-state index in [2.05, 4.69) is 0 Å². The van der Waals surface area contributed by atoms with Gasteiger partial charge in [0.1, 0.15) is 0 Å². The average Bonchev–Trinajstić information content (AvgIpc) is 3.38. The molecule has 1 amide bonds. The fourth-order valence-corrected chi connectivity index (χ4v) is 7.65. The quantitative estimate of drug-likeness (QED) is 0.281. The van der Waals surface area contributed by atoms with Crippen LogP contribution in [0.3, 0.4) is 0 Å². The van der Waals surface area contributed by atoms with E-state index >= 15 is 0 Å². The number of hydrogen-bond acceptors (Lipinski definition) is 6. The standard InChI is InChI=1S/C30H38N2O5S2/c1-23-14-16-26(38-23)21-31(19-18-24-15-17-28(36-2)29(20-24)37-3)30(33)22-32(25-10-6-4-7-11-25)39(34,35)27-12-8-5-9-13-27/h5,8-9,12-17,20,25H,4,6-7,10-11,18-19,21-22H2,1-3H3. The Hall–Kier alpha value is -2.88. The van der Waals surface area contributed by atoms with Crippen LogP contribution in [-0.4, -0.2) is 56.9 Å². The highest BCUT2D eigenvalue weighted by atomic mass is 32.2. The van der Waals surface area contributed by atoms with Crippen molar-refractivity contribution in [2.24, 2.45) is 0 Å². The van der Waals surface area contributed by atoms with E-state index in [0.717, 1.165) is 42.5 Å². The Bertz CT molecular complexity index is 1330. The van der Waals surface area contributed by atoms with Gasteiger partial charge in [0.2, 0.25) is 15.9 Å². The second-order valence-corrected chi connectivity index (χ2v) is 13.2. The molecule has 0 N–H and O–H groups in total. The molecule has 1 heterocycles. The maximum Gasteiger partial charge on any atom is 0.243 e. The van der Waals surface area contributed by atoms with Gasteiger partial charge in [0.15, 0.2) is 11.5 Å². The topological polar surface area (TPSA) is 76.2 Å². The maximum absolute atomic E-state index is 13.9. The van der Waals surface area contributed by atoms with Crippen molar-refractivity contribution < 1.29 is 22.7 Å². The molecule has 7 nitrogen and oxygen atoms in total. The zero-order valence-corrected chi connectivity index (χ0v) is 24.6. The number of thiophene rings is 1. The zero-order valence-electron chi connectivity index (χ0n) is 23.0. The molecule has 9 heteroatoms. The summed E-state index contributed by atoms with van der Waals surface area (Å²) in [4.78, 5) is 18.2. The molecule has 4 rings (SSSR count). The van der Waals surface area contributed by atoms with Gasteiger partial charge in [0, 0.05) is 22.3 Å². The Labute approximate surface area is 236 Å². The van der Waals surface area contributed by atoms with E-state index in [1.54, 1.807) is 60.8 Å². The third-order valence-corrected chi connectivity index (χ3v) is 10.1. The number of benzene rings is 2. The predicted octanol–water partition coefficient (Wildman–Crippen LogP) is 5.67. The van der Waals surface area contributed by atoms with Crippen LogP contribution in [0.2, 0.25) is 0 Å². The van der Waals surface area contributed by atoms with Crippen LogP contribution < -0.4 is 9.47 Å². The number of ether oxygens (including phenoxy) is 2. The van der Waals surface area contributed by atoms with Crippen LogP contribution in [-0.2, 0) is 27.8 Å². The lowest BCUT2D eigenvalue weighted by atomic mass is 9.95. The van der Waals surface area contributed by atoms with Gasteiger partial charge in [-0.3, -0.25) is 4.79 Å². The van der Waals surface area contributed by atoms with Gasteiger partial charge in [-0.05, 0) is 68.1 Å². The molecule has 0 saturated heterocycles. The molecule has 2 aromatic carbocycles. The van der Waals surface area contributed by atoms with Gasteiger partial charge in [-0.1, -0.05) is 43.5 Å². The SMILES string of the molecule is COc1ccc(CCN(Cc2ccc(C)s2)C(=O)CN(C2CCCCC2)S(=O)(=O)c2ccccc2)cc1OC. The zero-order chi connectivity index (χ0) is 27.8. The predicted molar refractivity (Wildman–Crippen MR) is 155 cm³/mol. The summed E-state index contributed by atoms with van der Waals surface area (Å²) in [7, 11) is -0.623. The first-order chi connectivity index (χ1) is 18.8. The monoisotopic (exact) mass is 570 g/mol. The van der Waals surface area contributed by atoms with Crippen LogP contribution >= 0.6 is 11.3 Å². The molecule has 39 heavy (non-hydrogen) atoms. The lowest BCUT2D eigenvalue weighted by Crippen LogP contribution is -2.48. The molecule has 0 radical (unpaired) electrons. The molecule has 0 aliphatic heterocycles. The molecule has 0 bridgehead atoms. The average molecular weight is 571 g/mol. The van der Waals surface area contributed by atoms with E-state index in [0.29, 0.717) is 31.0 Å². The molecule has 1 saturated carbocycles. The van der Waals surface area contributed by atoms with Gasteiger partial charge >= 0.3 is 0 Å². The third-order valence-electron chi connectivity index (χ3n) is 7.24. The number of sulfonamides is 1. The van der Waals surface area contributed by atoms with Crippen molar-refractivity contribution in [1.29, 1.82) is 0 Å². The van der Waals surface area contributed by atoms with Crippen molar-refractivity contribution in [2.75, 3.05) is 27.3 Å². The molecular formula is C30H38N2O5S2. The second-order valence-electron chi connectivity index (χ2n) is 9.92. The van der Waals surface area contributed by atoms with Crippen molar-refractivity contribution in [3.8, 4) is 11.5 Å². The highest BCUT2D eigenvalue weighted by molar-refractivity contribution is 7.89. The number of rotatable bonds is 12. The van der Waals surface area contributed by atoms with Crippen LogP contribution in [0.1, 0.15) is 47.4 Å². The Morgan fingerprint density at radius 2 is 1.67 bits per heavy atom. The highest BCUT2D eigenvalue weighted by Crippen LogP contribution is 2.30. The lowest BCUT2D eigenvalue weighted by Gasteiger charge is -2.34. The first kappa shape index (κ1) is 29.1. The van der Waals surface area contributed by atoms with Crippen LogP contribution in [0.4, 0.5) is 0 Å². The van der Waals surface area contributed by atoms with Crippen LogP contribution in [0, 0.1) is 6.92 Å². The minimum absolute atomic E-state index is 0.168. The minimum atomic E-state index is -3.82. The number of carbonyl (C=O) groups is 1. The molecule has 1 aromatic heterocycles. The van der Waals surface area contributed by atoms with Crippen LogP contribution in [0.15, 0.2) is 65.6 Å². The summed E-state index contributed by atoms with van der Waals surface area (Å²) in [5.74, 6) is 1.10. The minimum Gasteiger partial charge on any atom is -0.493 e. The normalized spacial score (nSPS) is 14.4. The highest BCUT2D eigenvalue weighted by Gasteiger charge is 2.35. The number of nitrogens with zero attached hydrogens (tertiary/aromatic N) is 2. The molecule has 0 unspecified atom stereocenters. The Kier molecular flexibility index (Phi) is 10.0. The van der Waals surface area contributed by atoms with Gasteiger partial charge in [-0.25, -0.2) is 8.42 Å². The van der Waals surface area contributed by atoms with E-state index < -0.39 is 10.0 Å². The summed E-state index contributed by atoms with van der Waals surface area (Å²) in [6.45, 7) is 2.77. The Morgan fingerprint density at radius 1 is 0.949 bits per heavy atom. The number of amides is 1. The molecule has 1 fully saturated rings. The van der Waals surface area contributed by atoms with Gasteiger partial charge in [-0.2, -0.15) is 4.31 Å². The van der Waals surface area contributed by atoms with E-state index in [-0.39, 0.29) is 23.4 Å². The summed E-state index contributed by atoms with van der Waals surface area (Å²) in [6, 6.07) is 18.1. The van der Waals surface area contributed by atoms with Crippen molar-refractivity contribution >= 4 is 27.3 Å². The largest absolute Gasteiger partial charge is 0.493 e. The van der Waals surface area contributed by atoms with E-state index in [1.165, 1.54) is 9.18 Å². The number of methoxy groups -OCH3 is 2. The van der Waals surface area contributed by atoms with Crippen molar-refractivity contribution in [1.82, 2.24) is 9.21 Å². The number of hydrogen-bond donors (Lipinski definition) is 0. The molecule has 3 aromatic rings. The summed E-state index contributed by atoms with van der Waals surface area (Å²) >= 11 is 1.65. The van der Waals surface area contributed by atoms with Crippen LogP contribution in [0.25, 0.3) is 0 Å². The lowest BCUT2D eigenvalue weighted by molar-refractivity contribution is -0.132. The number of carbonyl (C=O) groups excluding carboxylic acids is 1. The Morgan fingerprint density at radius 3 is 2.31 bits per heavy atom. The molecule has 0 spiro atoms. The fraction of sp³-hybridized carbons (Fsp3) is 0.433. The Balaban J connectivity index is 1.59. The van der Waals surface area contributed by atoms with Crippen molar-refractivity contribution in [3.05, 3.63) is 76.0 Å². The third kappa shape index (κ3) is 7.41. The van der Waals surface area contributed by atoms with Gasteiger partial charge in [0.25, 0.3) is 0 Å². The first-order valence-electron chi connectivity index (χ1n) is 13.4. The van der Waals surface area contributed by atoms with E-state index in [4.69, 9.17) is 9.47 Å². The summed E-state index contributed by atoms with van der Waals surface area (Å²) in [5, 5.41) is 0. The van der Waals surface area contributed by atoms with Gasteiger partial charge in [-0.15, -0.1) is 11.3 Å². The van der Waals surface area contributed by atoms with E-state index in [9.17, 15) is 13.2 Å². The molecule has 0 atom stereocenters. The number of aryl methyl sites for hydroxylation is 1. The summed E-state index contributed by atoms with van der Waals surface area (Å²) < 4.78 is 39.9. The van der Waals surface area contributed by atoms with Gasteiger partial charge in [0.05, 0.1) is 32.2 Å². The van der Waals surface area contributed by atoms with E-state index in [1.807, 2.05) is 37.3 Å². The molecule has 1 aliphatic rings. The van der Waals surface area contributed by atoms with Gasteiger partial charge < -0.3 is 14.4 Å². The molecule has 210 valence electrons. The van der Waals surface area contributed by atoms with Crippen LogP contribution in [0.5, 0.6) is 11.5 Å². The fourth-order valence-electron chi connectivity index (χ4n) is 5.09. The smallest absolute Gasteiger partial charge is 0.243 e. The molecule has 1 aliphatic carbocycles. The second kappa shape index (κ2) is 13.5. The summed E-state index contributed by atoms with van der Waals surface area (Å²) in [6.07, 6.45) is 5.18. The first-order valence-corrected chi connectivity index (χ1v) is 15.7. The van der Waals surface area contributed by atoms with Crippen molar-refractivity contribution in [3.63, 3.8) is 0 Å². The molecular weight excluding hydrogens is 532 g/mol. The van der Waals surface area contributed by atoms with Crippen molar-refractivity contribution in [2.45, 2.75) is 62.9 Å². The maximum atomic E-state index is 13.9.